The maximum Gasteiger partial charge on any atom is 0.407 e. The van der Waals surface area contributed by atoms with Crippen molar-refractivity contribution in [1.29, 1.82) is 0 Å². The van der Waals surface area contributed by atoms with Crippen LogP contribution >= 0.6 is 0 Å². The molecule has 8 atom stereocenters. The normalized spacial score (nSPS) is 24.7. The van der Waals surface area contributed by atoms with E-state index in [9.17, 15) is 49.5 Å². The van der Waals surface area contributed by atoms with Gasteiger partial charge in [-0.2, -0.15) is 0 Å². The van der Waals surface area contributed by atoms with E-state index >= 15 is 0 Å². The fraction of sp³-hybridized carbons (Fsp3) is 0.568. The number of hydrogen-bond donors (Lipinski definition) is 9. The number of hydrogen-bond acceptors (Lipinski definition) is 14. The summed E-state index contributed by atoms with van der Waals surface area (Å²) in [6.45, 7) is 1.83. The van der Waals surface area contributed by atoms with E-state index in [0.29, 0.717) is 30.4 Å². The number of carbonyl (C=O) groups is 5. The molecule has 2 saturated carbocycles. The highest BCUT2D eigenvalue weighted by Gasteiger charge is 2.57. The molecule has 4 amide bonds. The number of aliphatic hydroxyl groups excluding tert-OH is 3. The largest absolute Gasteiger partial charge is 0.507 e. The standard InChI is InChI=1S/C44H59N7O13/c1-25-17-29(18-26(2)38(25)56)41(58)45-20-33(53)39(57)40-37(48-36(55)23-51-22-31(49-50-51)28-13-7-4-8-14-28)32(52)19-44(64-40,42(59)60)63-34-16-10-9-15-30(34)47-35(54)21-46-43(61)62-24-27-11-5-3-6-12-27/h3,5-6,11-12,17-18,22,28,30,32-34,37,39-40,52-53,56-57H,4,7-10,13-16,19-21,23-24H2,1-2H3,(H,45,58)(H,46,61)(H,47,54)(H,48,55)(H,59,60)/t30?,32-,33+,34?,37+,39+,40?,44+/m0/s1. The number of phenols is 1. The molecular formula is C44H59N7O13. The van der Waals surface area contributed by atoms with Crippen molar-refractivity contribution in [2.75, 3.05) is 13.1 Å². The number of benzene rings is 2. The zero-order valence-corrected chi connectivity index (χ0v) is 36.0. The van der Waals surface area contributed by atoms with E-state index in [2.05, 4.69) is 31.6 Å². The van der Waals surface area contributed by atoms with E-state index in [0.717, 1.165) is 43.4 Å². The highest BCUT2D eigenvalue weighted by Crippen LogP contribution is 2.37. The van der Waals surface area contributed by atoms with Crippen LogP contribution in [0.1, 0.15) is 103 Å². The summed E-state index contributed by atoms with van der Waals surface area (Å²) >= 11 is 0. The second-order valence-electron chi connectivity index (χ2n) is 16.9. The SMILES string of the molecule is Cc1cc(C(=O)NC[C@@H](O)[C@@H](O)C2O[C@@](OC3CCCCC3NC(=O)CNC(=O)OCc3ccccc3)(C(=O)O)C[C@H](O)[C@H]2NC(=O)Cn2cc(C3CCCCC3)nn2)cc(C)c1O. The van der Waals surface area contributed by atoms with Gasteiger partial charge >= 0.3 is 12.1 Å². The molecular weight excluding hydrogens is 835 g/mol. The van der Waals surface area contributed by atoms with Crippen LogP contribution in [0.25, 0.3) is 0 Å². The molecule has 348 valence electrons. The van der Waals surface area contributed by atoms with Crippen LogP contribution in [0.3, 0.4) is 0 Å². The summed E-state index contributed by atoms with van der Waals surface area (Å²) in [6.07, 6.45) is -1.33. The third kappa shape index (κ3) is 12.3. The number of aryl methyl sites for hydroxylation is 2. The van der Waals surface area contributed by atoms with E-state index in [4.69, 9.17) is 14.2 Å². The van der Waals surface area contributed by atoms with Gasteiger partial charge in [-0.1, -0.05) is 67.6 Å². The summed E-state index contributed by atoms with van der Waals surface area (Å²) in [4.78, 5) is 65.2. The van der Waals surface area contributed by atoms with E-state index < -0.39 is 97.7 Å². The second kappa shape index (κ2) is 21.8. The molecule has 0 radical (unpaired) electrons. The van der Waals surface area contributed by atoms with E-state index in [1.54, 1.807) is 44.3 Å². The molecule has 6 rings (SSSR count). The zero-order chi connectivity index (χ0) is 46.0. The van der Waals surface area contributed by atoms with Crippen LogP contribution < -0.4 is 21.3 Å². The first-order valence-electron chi connectivity index (χ1n) is 21.8. The van der Waals surface area contributed by atoms with Crippen LogP contribution in [0.2, 0.25) is 0 Å². The van der Waals surface area contributed by atoms with Gasteiger partial charge in [-0.3, -0.25) is 14.4 Å². The van der Waals surface area contributed by atoms with Gasteiger partial charge in [0.2, 0.25) is 11.8 Å². The Labute approximate surface area is 370 Å². The van der Waals surface area contributed by atoms with Gasteiger partial charge in [-0.25, -0.2) is 14.3 Å². The summed E-state index contributed by atoms with van der Waals surface area (Å²) in [5.74, 6) is -6.07. The fourth-order valence-electron chi connectivity index (χ4n) is 8.60. The van der Waals surface area contributed by atoms with E-state index in [1.807, 2.05) is 6.07 Å². The Morgan fingerprint density at radius 2 is 1.61 bits per heavy atom. The molecule has 1 aliphatic heterocycles. The van der Waals surface area contributed by atoms with Gasteiger partial charge in [-0.15, -0.1) is 5.10 Å². The van der Waals surface area contributed by atoms with Crippen LogP contribution in [-0.4, -0.2) is 132 Å². The predicted molar refractivity (Wildman–Crippen MR) is 225 cm³/mol. The average molecular weight is 894 g/mol. The minimum atomic E-state index is -2.67. The smallest absolute Gasteiger partial charge is 0.407 e. The number of carboxylic acid groups (broad SMARTS) is 1. The Kier molecular flexibility index (Phi) is 16.3. The summed E-state index contributed by atoms with van der Waals surface area (Å²) < 4.78 is 18.8. The van der Waals surface area contributed by atoms with Crippen LogP contribution in [0.5, 0.6) is 5.75 Å². The first-order valence-corrected chi connectivity index (χ1v) is 21.8. The molecule has 1 saturated heterocycles. The van der Waals surface area contributed by atoms with Crippen LogP contribution in [-0.2, 0) is 41.7 Å². The Hall–Kier alpha value is -5.67. The Bertz CT molecular complexity index is 2070. The van der Waals surface area contributed by atoms with Crippen molar-refractivity contribution in [2.45, 2.75) is 146 Å². The molecule has 9 N–H and O–H groups in total. The number of aliphatic hydroxyl groups is 3. The van der Waals surface area contributed by atoms with E-state index in [-0.39, 0.29) is 36.8 Å². The van der Waals surface area contributed by atoms with Crippen LogP contribution in [0, 0.1) is 13.8 Å². The number of nitrogens with one attached hydrogen (secondary N) is 4. The summed E-state index contributed by atoms with van der Waals surface area (Å²) in [6, 6.07) is 9.56. The molecule has 2 aromatic carbocycles. The van der Waals surface area contributed by atoms with Crippen molar-refractivity contribution in [3.05, 3.63) is 76.6 Å². The molecule has 2 aliphatic carbocycles. The van der Waals surface area contributed by atoms with Gasteiger partial charge < -0.3 is 61.0 Å². The van der Waals surface area contributed by atoms with Crippen molar-refractivity contribution in [1.82, 2.24) is 36.3 Å². The van der Waals surface area contributed by atoms with Crippen molar-refractivity contribution in [3.8, 4) is 5.75 Å². The number of amides is 4. The number of alkyl carbamates (subject to hydrolysis) is 1. The van der Waals surface area contributed by atoms with Gasteiger partial charge in [0.05, 0.1) is 36.1 Å². The molecule has 20 nitrogen and oxygen atoms in total. The molecule has 3 aromatic rings. The number of aromatic hydroxyl groups is 1. The highest BCUT2D eigenvalue weighted by molar-refractivity contribution is 5.95. The number of carbonyl (C=O) groups excluding carboxylic acids is 4. The van der Waals surface area contributed by atoms with E-state index in [1.165, 1.54) is 16.8 Å². The Morgan fingerprint density at radius 3 is 2.31 bits per heavy atom. The predicted octanol–water partition coefficient (Wildman–Crippen LogP) is 1.59. The monoisotopic (exact) mass is 893 g/mol. The molecule has 0 bridgehead atoms. The fourth-order valence-corrected chi connectivity index (χ4v) is 8.60. The third-order valence-corrected chi connectivity index (χ3v) is 12.1. The molecule has 1 aromatic heterocycles. The molecule has 3 fully saturated rings. The quantitative estimate of drug-likeness (QED) is 0.0930. The number of rotatable bonds is 17. The third-order valence-electron chi connectivity index (χ3n) is 12.1. The molecule has 2 heterocycles. The highest BCUT2D eigenvalue weighted by atomic mass is 16.7. The number of aliphatic carboxylic acids is 1. The van der Waals surface area contributed by atoms with Crippen LogP contribution in [0.4, 0.5) is 4.79 Å². The summed E-state index contributed by atoms with van der Waals surface area (Å²) in [5.41, 5.74) is 2.54. The molecule has 20 heteroatoms. The molecule has 3 aliphatic rings. The Balaban J connectivity index is 1.16. The van der Waals surface area contributed by atoms with Gasteiger partial charge in [0, 0.05) is 30.6 Å². The average Bonchev–Trinajstić information content (AvgIpc) is 3.75. The zero-order valence-electron chi connectivity index (χ0n) is 36.0. The number of aromatic nitrogens is 3. The first-order chi connectivity index (χ1) is 30.6. The van der Waals surface area contributed by atoms with Crippen molar-refractivity contribution in [3.63, 3.8) is 0 Å². The van der Waals surface area contributed by atoms with Gasteiger partial charge in [0.15, 0.2) is 0 Å². The summed E-state index contributed by atoms with van der Waals surface area (Å²) in [5, 5.41) is 74.2. The number of ether oxygens (including phenoxy) is 3. The lowest BCUT2D eigenvalue weighted by Gasteiger charge is -2.48. The maximum absolute atomic E-state index is 13.5. The lowest BCUT2D eigenvalue weighted by atomic mass is 9.87. The maximum atomic E-state index is 13.5. The number of nitrogens with zero attached hydrogens (tertiary/aromatic N) is 3. The van der Waals surface area contributed by atoms with Gasteiger partial charge in [0.25, 0.3) is 11.7 Å². The first kappa shape index (κ1) is 47.8. The van der Waals surface area contributed by atoms with Crippen molar-refractivity contribution in [2.24, 2.45) is 0 Å². The minimum absolute atomic E-state index is 0.00979. The minimum Gasteiger partial charge on any atom is -0.507 e. The molecule has 3 unspecified atom stereocenters. The van der Waals surface area contributed by atoms with Crippen molar-refractivity contribution < 1.29 is 63.7 Å². The number of phenolic OH excluding ortho intramolecular Hbond substituents is 1. The lowest BCUT2D eigenvalue weighted by Crippen LogP contribution is -2.69. The molecule has 0 spiro atoms. The van der Waals surface area contributed by atoms with Gasteiger partial charge in [-0.05, 0) is 68.4 Å². The molecule has 64 heavy (non-hydrogen) atoms. The number of carboxylic acids is 1. The topological polar surface area (TPSA) is 293 Å². The second-order valence-corrected chi connectivity index (χ2v) is 16.9. The lowest BCUT2D eigenvalue weighted by molar-refractivity contribution is -0.325. The van der Waals surface area contributed by atoms with Crippen molar-refractivity contribution >= 4 is 29.8 Å². The summed E-state index contributed by atoms with van der Waals surface area (Å²) in [7, 11) is 0. The van der Waals surface area contributed by atoms with Crippen LogP contribution in [0.15, 0.2) is 48.7 Å². The Morgan fingerprint density at radius 1 is 0.922 bits per heavy atom. The van der Waals surface area contributed by atoms with Gasteiger partial charge in [0.1, 0.15) is 37.7 Å².